The molecule has 1 aliphatic heterocycles. The Morgan fingerprint density at radius 2 is 2.07 bits per heavy atom. The van der Waals surface area contributed by atoms with E-state index in [9.17, 15) is 9.59 Å². The molecule has 3 rings (SSSR count). The Morgan fingerprint density at radius 1 is 1.30 bits per heavy atom. The number of fused-ring (bicyclic) bond motifs is 1. The van der Waals surface area contributed by atoms with Gasteiger partial charge in [-0.3, -0.25) is 14.5 Å². The number of hydrogen-bond donors (Lipinski definition) is 1. The standard InChI is InChI=1S/C21H32N4O2/c1-14(2)11-16(21(27)22-3)12-18(26)19-17-13-24(4)9-10-25(17)20(23-19)15-7-5-6-8-15/h7,14,16H,5-6,8-13H2,1-4H3,(H,22,27)/t16-/m1/s1. The van der Waals surface area contributed by atoms with Crippen molar-refractivity contribution in [3.63, 3.8) is 0 Å². The summed E-state index contributed by atoms with van der Waals surface area (Å²) in [7, 11) is 3.71. The number of ketones is 1. The summed E-state index contributed by atoms with van der Waals surface area (Å²) < 4.78 is 2.24. The third-order valence-corrected chi connectivity index (χ3v) is 5.59. The Balaban J connectivity index is 1.90. The van der Waals surface area contributed by atoms with Crippen molar-refractivity contribution in [3.05, 3.63) is 23.3 Å². The SMILES string of the molecule is CNC(=O)[C@@H](CC(=O)c1nc(C2=CCCC2)n2c1CN(C)CC2)CC(C)C. The molecule has 6 heteroatoms. The predicted molar refractivity (Wildman–Crippen MR) is 106 cm³/mol. The molecule has 2 heterocycles. The van der Waals surface area contributed by atoms with E-state index >= 15 is 0 Å². The third-order valence-electron chi connectivity index (χ3n) is 5.59. The summed E-state index contributed by atoms with van der Waals surface area (Å²) in [6.45, 7) is 6.72. The first kappa shape index (κ1) is 19.8. The number of allylic oxidation sites excluding steroid dienone is 2. The molecule has 0 bridgehead atoms. The molecule has 0 fully saturated rings. The van der Waals surface area contributed by atoms with Gasteiger partial charge in [-0.1, -0.05) is 19.9 Å². The van der Waals surface area contributed by atoms with E-state index in [0.717, 1.165) is 50.4 Å². The zero-order valence-electron chi connectivity index (χ0n) is 17.0. The minimum Gasteiger partial charge on any atom is -0.359 e. The second kappa shape index (κ2) is 8.38. The van der Waals surface area contributed by atoms with Crippen LogP contribution in [0.15, 0.2) is 6.08 Å². The molecule has 1 aromatic rings. The van der Waals surface area contributed by atoms with Crippen LogP contribution in [0.4, 0.5) is 0 Å². The summed E-state index contributed by atoms with van der Waals surface area (Å²) in [5.74, 6) is 0.977. The van der Waals surface area contributed by atoms with Crippen LogP contribution in [-0.4, -0.2) is 46.8 Å². The Hall–Kier alpha value is -1.95. The highest BCUT2D eigenvalue weighted by molar-refractivity contribution is 5.98. The van der Waals surface area contributed by atoms with Crippen LogP contribution < -0.4 is 5.32 Å². The summed E-state index contributed by atoms with van der Waals surface area (Å²) in [5, 5.41) is 2.71. The van der Waals surface area contributed by atoms with Gasteiger partial charge in [0, 0.05) is 39.0 Å². The van der Waals surface area contributed by atoms with Crippen LogP contribution in [0.25, 0.3) is 5.57 Å². The van der Waals surface area contributed by atoms with Crippen LogP contribution in [0, 0.1) is 11.8 Å². The van der Waals surface area contributed by atoms with Crippen LogP contribution >= 0.6 is 0 Å². The van der Waals surface area contributed by atoms with E-state index in [1.165, 1.54) is 5.57 Å². The number of likely N-dealkylation sites (N-methyl/N-ethyl adjacent to an activating group) is 1. The second-order valence-electron chi connectivity index (χ2n) is 8.31. The van der Waals surface area contributed by atoms with Gasteiger partial charge in [-0.05, 0) is 44.2 Å². The van der Waals surface area contributed by atoms with Gasteiger partial charge in [-0.25, -0.2) is 4.98 Å². The molecule has 1 atom stereocenters. The highest BCUT2D eigenvalue weighted by atomic mass is 16.2. The minimum absolute atomic E-state index is 0.00635. The molecule has 0 spiro atoms. The van der Waals surface area contributed by atoms with E-state index in [1.54, 1.807) is 7.05 Å². The van der Waals surface area contributed by atoms with E-state index in [2.05, 4.69) is 41.8 Å². The quantitative estimate of drug-likeness (QED) is 0.748. The van der Waals surface area contributed by atoms with E-state index in [0.29, 0.717) is 18.0 Å². The molecule has 1 aromatic heterocycles. The van der Waals surface area contributed by atoms with Gasteiger partial charge in [-0.2, -0.15) is 0 Å². The van der Waals surface area contributed by atoms with Crippen molar-refractivity contribution in [2.24, 2.45) is 11.8 Å². The van der Waals surface area contributed by atoms with Gasteiger partial charge in [0.2, 0.25) is 5.91 Å². The Bertz CT molecular complexity index is 748. The molecule has 1 N–H and O–H groups in total. The first-order valence-electron chi connectivity index (χ1n) is 10.1. The molecule has 0 radical (unpaired) electrons. The maximum Gasteiger partial charge on any atom is 0.223 e. The van der Waals surface area contributed by atoms with Crippen LogP contribution in [0.5, 0.6) is 0 Å². The van der Waals surface area contributed by atoms with Crippen LogP contribution in [-0.2, 0) is 17.9 Å². The van der Waals surface area contributed by atoms with Crippen molar-refractivity contribution in [2.45, 2.75) is 59.0 Å². The molecule has 1 aliphatic carbocycles. The summed E-state index contributed by atoms with van der Waals surface area (Å²) in [6, 6.07) is 0. The number of Topliss-reactive ketones (excluding diaryl/α,β-unsaturated/α-hetero) is 1. The first-order chi connectivity index (χ1) is 12.9. The summed E-state index contributed by atoms with van der Waals surface area (Å²) in [6.07, 6.45) is 6.48. The monoisotopic (exact) mass is 372 g/mol. The number of carbonyl (C=O) groups is 2. The van der Waals surface area contributed by atoms with Gasteiger partial charge in [-0.15, -0.1) is 0 Å². The number of nitrogens with one attached hydrogen (secondary N) is 1. The number of aromatic nitrogens is 2. The van der Waals surface area contributed by atoms with E-state index < -0.39 is 0 Å². The first-order valence-corrected chi connectivity index (χ1v) is 10.1. The van der Waals surface area contributed by atoms with Crippen molar-refractivity contribution < 1.29 is 9.59 Å². The van der Waals surface area contributed by atoms with Crippen LogP contribution in [0.3, 0.4) is 0 Å². The zero-order valence-corrected chi connectivity index (χ0v) is 17.0. The summed E-state index contributed by atoms with van der Waals surface area (Å²) >= 11 is 0. The Kier molecular flexibility index (Phi) is 6.15. The van der Waals surface area contributed by atoms with Crippen molar-refractivity contribution >= 4 is 17.3 Å². The van der Waals surface area contributed by atoms with E-state index in [1.807, 2.05) is 0 Å². The van der Waals surface area contributed by atoms with Gasteiger partial charge in [0.25, 0.3) is 0 Å². The fourth-order valence-electron chi connectivity index (χ4n) is 4.21. The molecule has 0 saturated carbocycles. The summed E-state index contributed by atoms with van der Waals surface area (Å²) in [4.78, 5) is 32.5. The fraction of sp³-hybridized carbons (Fsp3) is 0.667. The minimum atomic E-state index is -0.296. The zero-order chi connectivity index (χ0) is 19.6. The third kappa shape index (κ3) is 4.32. The van der Waals surface area contributed by atoms with Gasteiger partial charge < -0.3 is 9.88 Å². The molecule has 0 unspecified atom stereocenters. The number of imidazole rings is 1. The molecule has 0 aromatic carbocycles. The van der Waals surface area contributed by atoms with Crippen molar-refractivity contribution in [2.75, 3.05) is 20.6 Å². The Labute approximate surface area is 162 Å². The molecule has 148 valence electrons. The highest BCUT2D eigenvalue weighted by Gasteiger charge is 2.30. The molecule has 1 amide bonds. The number of rotatable bonds is 7. The lowest BCUT2D eigenvalue weighted by atomic mass is 9.90. The molecule has 2 aliphatic rings. The summed E-state index contributed by atoms with van der Waals surface area (Å²) in [5.41, 5.74) is 2.85. The molecular formula is C21H32N4O2. The Morgan fingerprint density at radius 3 is 2.70 bits per heavy atom. The largest absolute Gasteiger partial charge is 0.359 e. The molecule has 6 nitrogen and oxygen atoms in total. The van der Waals surface area contributed by atoms with Crippen LogP contribution in [0.2, 0.25) is 0 Å². The lowest BCUT2D eigenvalue weighted by Gasteiger charge is -2.26. The molecular weight excluding hydrogens is 340 g/mol. The maximum absolute atomic E-state index is 13.2. The molecule has 0 saturated heterocycles. The smallest absolute Gasteiger partial charge is 0.223 e. The topological polar surface area (TPSA) is 67.2 Å². The lowest BCUT2D eigenvalue weighted by Crippen LogP contribution is -2.32. The highest BCUT2D eigenvalue weighted by Crippen LogP contribution is 2.31. The molecule has 27 heavy (non-hydrogen) atoms. The van der Waals surface area contributed by atoms with E-state index in [-0.39, 0.29) is 24.0 Å². The lowest BCUT2D eigenvalue weighted by molar-refractivity contribution is -0.124. The number of amides is 1. The average molecular weight is 373 g/mol. The van der Waals surface area contributed by atoms with Crippen molar-refractivity contribution in [1.82, 2.24) is 19.8 Å². The number of carbonyl (C=O) groups excluding carboxylic acids is 2. The van der Waals surface area contributed by atoms with Gasteiger partial charge in [0.1, 0.15) is 11.5 Å². The predicted octanol–water partition coefficient (Wildman–Crippen LogP) is 2.88. The van der Waals surface area contributed by atoms with Gasteiger partial charge >= 0.3 is 0 Å². The van der Waals surface area contributed by atoms with E-state index in [4.69, 9.17) is 4.98 Å². The van der Waals surface area contributed by atoms with Crippen molar-refractivity contribution in [3.8, 4) is 0 Å². The maximum atomic E-state index is 13.2. The normalized spacial score (nSPS) is 18.3. The number of hydrogen-bond acceptors (Lipinski definition) is 4. The van der Waals surface area contributed by atoms with Crippen LogP contribution in [0.1, 0.15) is 68.0 Å². The van der Waals surface area contributed by atoms with Gasteiger partial charge in [0.05, 0.1) is 5.69 Å². The second-order valence-corrected chi connectivity index (χ2v) is 8.31. The van der Waals surface area contributed by atoms with Crippen molar-refractivity contribution in [1.29, 1.82) is 0 Å². The van der Waals surface area contributed by atoms with Gasteiger partial charge in [0.15, 0.2) is 5.78 Å². The fourth-order valence-corrected chi connectivity index (χ4v) is 4.21. The average Bonchev–Trinajstić information content (AvgIpc) is 3.27. The number of nitrogens with zero attached hydrogens (tertiary/aromatic N) is 3.